The normalized spacial score (nSPS) is 17.8. The zero-order valence-corrected chi connectivity index (χ0v) is 13.4. The molecule has 5 heteroatoms. The maximum atomic E-state index is 6.03. The van der Waals surface area contributed by atoms with E-state index in [0.29, 0.717) is 13.2 Å². The third kappa shape index (κ3) is 2.76. The molecule has 0 radical (unpaired) electrons. The number of thiazole rings is 1. The van der Waals surface area contributed by atoms with Gasteiger partial charge in [0.15, 0.2) is 17.6 Å². The first-order valence-corrected chi connectivity index (χ1v) is 7.89. The van der Waals surface area contributed by atoms with Gasteiger partial charge in [0.05, 0.1) is 5.69 Å². The Morgan fingerprint density at radius 2 is 2.00 bits per heavy atom. The predicted octanol–water partition coefficient (Wildman–Crippen LogP) is 3.41. The van der Waals surface area contributed by atoms with E-state index in [-0.39, 0.29) is 11.5 Å². The monoisotopic (exact) mass is 304 g/mol. The smallest absolute Gasteiger partial charge is 0.184 e. The van der Waals surface area contributed by atoms with Gasteiger partial charge in [-0.05, 0) is 12.1 Å². The highest BCUT2D eigenvalue weighted by molar-refractivity contribution is 7.11. The van der Waals surface area contributed by atoms with E-state index in [9.17, 15) is 0 Å². The fraction of sp³-hybridized carbons (Fsp3) is 0.438. The fourth-order valence-corrected chi connectivity index (χ4v) is 3.54. The Hall–Kier alpha value is -1.59. The third-order valence-corrected chi connectivity index (χ3v) is 4.56. The lowest BCUT2D eigenvalue weighted by Gasteiger charge is -2.25. The molecule has 0 amide bonds. The Morgan fingerprint density at radius 3 is 2.62 bits per heavy atom. The first-order valence-electron chi connectivity index (χ1n) is 7.07. The number of benzene rings is 1. The van der Waals surface area contributed by atoms with Gasteiger partial charge in [-0.2, -0.15) is 0 Å². The first kappa shape index (κ1) is 14.4. The van der Waals surface area contributed by atoms with E-state index in [1.54, 1.807) is 11.3 Å². The summed E-state index contributed by atoms with van der Waals surface area (Å²) in [7, 11) is 0. The summed E-state index contributed by atoms with van der Waals surface area (Å²) in [6.07, 6.45) is -0.161. The van der Waals surface area contributed by atoms with Crippen LogP contribution < -0.4 is 15.2 Å². The summed E-state index contributed by atoms with van der Waals surface area (Å²) in [5.74, 6) is 1.57. The standard InChI is InChI=1S/C16H20N2O2S/c1-16(2,3)14-13(8-17)21-15(18-14)12-9-19-10-6-4-5-7-11(10)20-12/h4-7,12H,8-9,17H2,1-3H3. The second kappa shape index (κ2) is 5.31. The second-order valence-electron chi connectivity index (χ2n) is 6.14. The number of ether oxygens (including phenoxy) is 2. The van der Waals surface area contributed by atoms with E-state index < -0.39 is 0 Å². The number of fused-ring (bicyclic) bond motifs is 1. The minimum Gasteiger partial charge on any atom is -0.485 e. The van der Waals surface area contributed by atoms with Crippen LogP contribution in [0.3, 0.4) is 0 Å². The number of rotatable bonds is 2. The van der Waals surface area contributed by atoms with Crippen LogP contribution in [0, 0.1) is 0 Å². The molecule has 2 aromatic rings. The summed E-state index contributed by atoms with van der Waals surface area (Å²) in [6, 6.07) is 7.72. The van der Waals surface area contributed by atoms with Gasteiger partial charge in [-0.3, -0.25) is 0 Å². The Kier molecular flexibility index (Phi) is 3.63. The van der Waals surface area contributed by atoms with Crippen molar-refractivity contribution >= 4 is 11.3 Å². The molecule has 0 bridgehead atoms. The van der Waals surface area contributed by atoms with Crippen molar-refractivity contribution in [3.05, 3.63) is 39.8 Å². The molecule has 112 valence electrons. The molecule has 3 rings (SSSR count). The molecule has 1 atom stereocenters. The highest BCUT2D eigenvalue weighted by atomic mass is 32.1. The molecule has 0 spiro atoms. The third-order valence-electron chi connectivity index (χ3n) is 3.39. The number of hydrogen-bond donors (Lipinski definition) is 1. The van der Waals surface area contributed by atoms with Crippen LogP contribution >= 0.6 is 11.3 Å². The lowest BCUT2D eigenvalue weighted by molar-refractivity contribution is 0.0909. The van der Waals surface area contributed by atoms with Gasteiger partial charge in [0.1, 0.15) is 11.6 Å². The van der Waals surface area contributed by atoms with E-state index in [4.69, 9.17) is 20.2 Å². The lowest BCUT2D eigenvalue weighted by Crippen LogP contribution is -2.22. The minimum absolute atomic E-state index is 0.0170. The maximum absolute atomic E-state index is 6.03. The van der Waals surface area contributed by atoms with Gasteiger partial charge in [-0.15, -0.1) is 11.3 Å². The van der Waals surface area contributed by atoms with Crippen LogP contribution in [-0.2, 0) is 12.0 Å². The average molecular weight is 304 g/mol. The molecule has 0 aliphatic carbocycles. The Morgan fingerprint density at radius 1 is 1.29 bits per heavy atom. The van der Waals surface area contributed by atoms with Crippen LogP contribution in [0.2, 0.25) is 0 Å². The SMILES string of the molecule is CC(C)(C)c1nc(C2COc3ccccc3O2)sc1CN. The van der Waals surface area contributed by atoms with Crippen molar-refractivity contribution in [1.82, 2.24) is 4.98 Å². The molecule has 0 saturated carbocycles. The van der Waals surface area contributed by atoms with E-state index in [0.717, 1.165) is 27.1 Å². The van der Waals surface area contributed by atoms with Crippen LogP contribution in [0.4, 0.5) is 0 Å². The molecule has 2 heterocycles. The topological polar surface area (TPSA) is 57.4 Å². The Labute approximate surface area is 128 Å². The summed E-state index contributed by atoms with van der Waals surface area (Å²) in [6.45, 7) is 7.45. The summed E-state index contributed by atoms with van der Waals surface area (Å²) in [4.78, 5) is 5.91. The number of para-hydroxylation sites is 2. The van der Waals surface area contributed by atoms with Gasteiger partial charge in [-0.25, -0.2) is 4.98 Å². The lowest BCUT2D eigenvalue weighted by atomic mass is 9.91. The zero-order valence-electron chi connectivity index (χ0n) is 12.6. The van der Waals surface area contributed by atoms with Crippen LogP contribution in [0.15, 0.2) is 24.3 Å². The van der Waals surface area contributed by atoms with Crippen LogP contribution in [0.5, 0.6) is 11.5 Å². The Bertz CT molecular complexity index is 646. The van der Waals surface area contributed by atoms with Crippen molar-refractivity contribution in [2.75, 3.05) is 6.61 Å². The molecule has 0 fully saturated rings. The van der Waals surface area contributed by atoms with Crippen molar-refractivity contribution in [3.8, 4) is 11.5 Å². The summed E-state index contributed by atoms with van der Waals surface area (Å²) in [5.41, 5.74) is 6.91. The number of aromatic nitrogens is 1. The average Bonchev–Trinajstić information content (AvgIpc) is 2.91. The van der Waals surface area contributed by atoms with Crippen molar-refractivity contribution in [1.29, 1.82) is 0 Å². The van der Waals surface area contributed by atoms with Crippen molar-refractivity contribution in [3.63, 3.8) is 0 Å². The first-order chi connectivity index (χ1) is 9.99. The summed E-state index contributed by atoms with van der Waals surface area (Å²) in [5, 5.41) is 0.940. The van der Waals surface area contributed by atoms with Crippen molar-refractivity contribution in [2.24, 2.45) is 5.73 Å². The number of nitrogens with two attached hydrogens (primary N) is 1. The quantitative estimate of drug-likeness (QED) is 0.923. The fourth-order valence-electron chi connectivity index (χ4n) is 2.37. The van der Waals surface area contributed by atoms with Crippen LogP contribution in [0.25, 0.3) is 0 Å². The maximum Gasteiger partial charge on any atom is 0.184 e. The van der Waals surface area contributed by atoms with Gasteiger partial charge in [0, 0.05) is 16.8 Å². The number of nitrogens with zero attached hydrogens (tertiary/aromatic N) is 1. The molecule has 2 N–H and O–H groups in total. The highest BCUT2D eigenvalue weighted by Gasteiger charge is 2.29. The molecule has 1 aliphatic heterocycles. The molecular formula is C16H20N2O2S. The molecule has 1 aliphatic rings. The largest absolute Gasteiger partial charge is 0.485 e. The van der Waals surface area contributed by atoms with Gasteiger partial charge >= 0.3 is 0 Å². The van der Waals surface area contributed by atoms with E-state index in [1.807, 2.05) is 24.3 Å². The minimum atomic E-state index is -0.161. The highest BCUT2D eigenvalue weighted by Crippen LogP contribution is 2.39. The second-order valence-corrected chi connectivity index (χ2v) is 7.26. The molecule has 1 unspecified atom stereocenters. The number of hydrogen-bond acceptors (Lipinski definition) is 5. The zero-order chi connectivity index (χ0) is 15.0. The molecule has 1 aromatic heterocycles. The van der Waals surface area contributed by atoms with Crippen molar-refractivity contribution in [2.45, 2.75) is 38.8 Å². The molecule has 21 heavy (non-hydrogen) atoms. The van der Waals surface area contributed by atoms with E-state index in [2.05, 4.69) is 20.8 Å². The molecule has 4 nitrogen and oxygen atoms in total. The summed E-state index contributed by atoms with van der Waals surface area (Å²) < 4.78 is 11.8. The predicted molar refractivity (Wildman–Crippen MR) is 84.0 cm³/mol. The molecule has 1 aromatic carbocycles. The van der Waals surface area contributed by atoms with E-state index >= 15 is 0 Å². The van der Waals surface area contributed by atoms with Crippen molar-refractivity contribution < 1.29 is 9.47 Å². The van der Waals surface area contributed by atoms with E-state index in [1.165, 1.54) is 0 Å². The van der Waals surface area contributed by atoms with Gasteiger partial charge < -0.3 is 15.2 Å². The van der Waals surface area contributed by atoms with Crippen LogP contribution in [0.1, 0.15) is 42.5 Å². The van der Waals surface area contributed by atoms with Gasteiger partial charge in [0.2, 0.25) is 0 Å². The van der Waals surface area contributed by atoms with Crippen LogP contribution in [-0.4, -0.2) is 11.6 Å². The van der Waals surface area contributed by atoms with Gasteiger partial charge in [0.25, 0.3) is 0 Å². The molecular weight excluding hydrogens is 284 g/mol. The Balaban J connectivity index is 1.91. The molecule has 0 saturated heterocycles. The van der Waals surface area contributed by atoms with Gasteiger partial charge in [-0.1, -0.05) is 32.9 Å². The summed E-state index contributed by atoms with van der Waals surface area (Å²) >= 11 is 1.63.